The maximum absolute atomic E-state index is 12.9. The van der Waals surface area contributed by atoms with E-state index in [1.165, 1.54) is 36.4 Å². The highest BCUT2D eigenvalue weighted by molar-refractivity contribution is 6.32. The fourth-order valence-corrected chi connectivity index (χ4v) is 1.72. The Bertz CT molecular complexity index is 712. The molecule has 4 nitrogen and oxygen atoms in total. The smallest absolute Gasteiger partial charge is 0.349 e. The molecule has 0 radical (unpaired) electrons. The van der Waals surface area contributed by atoms with Crippen LogP contribution in [0.15, 0.2) is 42.5 Å². The van der Waals surface area contributed by atoms with E-state index in [4.69, 9.17) is 26.3 Å². The Labute approximate surface area is 125 Å². The molecule has 106 valence electrons. The van der Waals surface area contributed by atoms with Crippen LogP contribution in [0.1, 0.15) is 5.56 Å². The van der Waals surface area contributed by atoms with Gasteiger partial charge in [-0.1, -0.05) is 17.7 Å². The summed E-state index contributed by atoms with van der Waals surface area (Å²) in [4.78, 5) is 11.6. The molecule has 2 aromatic carbocycles. The lowest BCUT2D eigenvalue weighted by atomic mass is 10.2. The predicted molar refractivity (Wildman–Crippen MR) is 73.7 cm³/mol. The summed E-state index contributed by atoms with van der Waals surface area (Å²) in [5.74, 6) is -0.803. The van der Waals surface area contributed by atoms with E-state index in [9.17, 15) is 9.18 Å². The van der Waals surface area contributed by atoms with Crippen LogP contribution in [0.5, 0.6) is 11.5 Å². The van der Waals surface area contributed by atoms with E-state index >= 15 is 0 Å². The van der Waals surface area contributed by atoms with Crippen molar-refractivity contribution in [3.8, 4) is 17.6 Å². The Morgan fingerprint density at radius 1 is 1.29 bits per heavy atom. The lowest BCUT2D eigenvalue weighted by Crippen LogP contribution is -2.17. The zero-order valence-corrected chi connectivity index (χ0v) is 11.4. The van der Waals surface area contributed by atoms with E-state index in [0.717, 1.165) is 6.07 Å². The number of halogens is 2. The highest BCUT2D eigenvalue weighted by Crippen LogP contribution is 2.25. The normalized spacial score (nSPS) is 9.76. The summed E-state index contributed by atoms with van der Waals surface area (Å²) in [6, 6.07) is 11.6. The van der Waals surface area contributed by atoms with Gasteiger partial charge in [-0.15, -0.1) is 0 Å². The van der Waals surface area contributed by atoms with Gasteiger partial charge in [0.1, 0.15) is 17.3 Å². The quantitative estimate of drug-likeness (QED) is 0.642. The van der Waals surface area contributed by atoms with Gasteiger partial charge in [-0.3, -0.25) is 0 Å². The number of ether oxygens (including phenoxy) is 2. The molecule has 6 heteroatoms. The van der Waals surface area contributed by atoms with Gasteiger partial charge >= 0.3 is 5.97 Å². The molecule has 0 amide bonds. The van der Waals surface area contributed by atoms with Crippen molar-refractivity contribution in [2.45, 2.75) is 0 Å². The zero-order chi connectivity index (χ0) is 15.2. The highest BCUT2D eigenvalue weighted by atomic mass is 35.5. The largest absolute Gasteiger partial charge is 0.482 e. The lowest BCUT2D eigenvalue weighted by Gasteiger charge is -2.08. The van der Waals surface area contributed by atoms with Crippen molar-refractivity contribution in [1.82, 2.24) is 0 Å². The minimum Gasteiger partial charge on any atom is -0.482 e. The fraction of sp³-hybridized carbons (Fsp3) is 0.0667. The number of rotatable bonds is 4. The van der Waals surface area contributed by atoms with Crippen molar-refractivity contribution >= 4 is 17.6 Å². The monoisotopic (exact) mass is 305 g/mol. The summed E-state index contributed by atoms with van der Waals surface area (Å²) in [6.45, 7) is -0.389. The second-order valence-corrected chi connectivity index (χ2v) is 4.38. The average molecular weight is 306 g/mol. The van der Waals surface area contributed by atoms with Gasteiger partial charge in [-0.25, -0.2) is 9.18 Å². The first-order chi connectivity index (χ1) is 10.1. The van der Waals surface area contributed by atoms with Gasteiger partial charge in [0.05, 0.1) is 16.7 Å². The van der Waals surface area contributed by atoms with Crippen LogP contribution in [0.3, 0.4) is 0 Å². The third-order valence-corrected chi connectivity index (χ3v) is 2.73. The average Bonchev–Trinajstić information content (AvgIpc) is 2.47. The van der Waals surface area contributed by atoms with Crippen LogP contribution in [-0.4, -0.2) is 12.6 Å². The Kier molecular flexibility index (Phi) is 4.75. The molecule has 0 fully saturated rings. The SMILES string of the molecule is N#Cc1ccc(OC(=O)COc2cccc(F)c2)c(Cl)c1. The predicted octanol–water partition coefficient (Wildman–Crippen LogP) is 3.34. The number of nitrogens with zero attached hydrogens (tertiary/aromatic N) is 1. The molecule has 0 aliphatic rings. The minimum atomic E-state index is -0.689. The minimum absolute atomic E-state index is 0.128. The molecule has 2 aromatic rings. The molecule has 21 heavy (non-hydrogen) atoms. The molecule has 0 N–H and O–H groups in total. The topological polar surface area (TPSA) is 59.3 Å². The van der Waals surface area contributed by atoms with Crippen LogP contribution in [0, 0.1) is 17.1 Å². The summed E-state index contributed by atoms with van der Waals surface area (Å²) in [5.41, 5.74) is 0.357. The molecular weight excluding hydrogens is 297 g/mol. The third-order valence-electron chi connectivity index (χ3n) is 2.44. The van der Waals surface area contributed by atoms with Crippen LogP contribution >= 0.6 is 11.6 Å². The Balaban J connectivity index is 1.95. The lowest BCUT2D eigenvalue weighted by molar-refractivity contribution is -0.136. The number of benzene rings is 2. The second-order valence-electron chi connectivity index (χ2n) is 3.98. The van der Waals surface area contributed by atoms with Crippen molar-refractivity contribution in [3.05, 3.63) is 58.9 Å². The fourth-order valence-electron chi connectivity index (χ4n) is 1.50. The van der Waals surface area contributed by atoms with Gasteiger partial charge in [0.2, 0.25) is 0 Å². The van der Waals surface area contributed by atoms with Crippen molar-refractivity contribution in [2.75, 3.05) is 6.61 Å². The van der Waals surface area contributed by atoms with Crippen LogP contribution < -0.4 is 9.47 Å². The van der Waals surface area contributed by atoms with Gasteiger partial charge < -0.3 is 9.47 Å². The first-order valence-electron chi connectivity index (χ1n) is 5.87. The molecule has 0 aliphatic carbocycles. The molecule has 0 aromatic heterocycles. The van der Waals surface area contributed by atoms with E-state index in [2.05, 4.69) is 0 Å². The van der Waals surface area contributed by atoms with Crippen molar-refractivity contribution in [1.29, 1.82) is 5.26 Å². The second kappa shape index (κ2) is 6.73. The molecule has 0 heterocycles. The first kappa shape index (κ1) is 14.8. The summed E-state index contributed by atoms with van der Waals surface area (Å²) in [6.07, 6.45) is 0. The van der Waals surface area contributed by atoms with E-state index in [1.807, 2.05) is 6.07 Å². The Morgan fingerprint density at radius 2 is 2.10 bits per heavy atom. The van der Waals surface area contributed by atoms with Crippen LogP contribution in [0.25, 0.3) is 0 Å². The molecular formula is C15H9ClFNO3. The maximum atomic E-state index is 12.9. The standard InChI is InChI=1S/C15H9ClFNO3/c16-13-6-10(8-18)4-5-14(13)21-15(19)9-20-12-3-1-2-11(17)7-12/h1-7H,9H2. The number of hydrogen-bond acceptors (Lipinski definition) is 4. The van der Waals surface area contributed by atoms with E-state index < -0.39 is 11.8 Å². The van der Waals surface area contributed by atoms with Gasteiger partial charge in [0.15, 0.2) is 6.61 Å². The molecule has 0 saturated carbocycles. The number of esters is 1. The van der Waals surface area contributed by atoms with Crippen LogP contribution in [0.2, 0.25) is 5.02 Å². The molecule has 0 aliphatic heterocycles. The molecule has 0 unspecified atom stereocenters. The van der Waals surface area contributed by atoms with E-state index in [-0.39, 0.29) is 23.1 Å². The van der Waals surface area contributed by atoms with Crippen molar-refractivity contribution < 1.29 is 18.7 Å². The molecule has 2 rings (SSSR count). The summed E-state index contributed by atoms with van der Waals surface area (Å²) in [5, 5.41) is 8.85. The van der Waals surface area contributed by atoms with Crippen molar-refractivity contribution in [2.24, 2.45) is 0 Å². The number of carbonyl (C=O) groups excluding carboxylic acids is 1. The third kappa shape index (κ3) is 4.20. The number of carbonyl (C=O) groups is 1. The van der Waals surface area contributed by atoms with Gasteiger partial charge in [0, 0.05) is 6.07 Å². The van der Waals surface area contributed by atoms with Crippen LogP contribution in [-0.2, 0) is 4.79 Å². The van der Waals surface area contributed by atoms with Gasteiger partial charge in [0.25, 0.3) is 0 Å². The highest BCUT2D eigenvalue weighted by Gasteiger charge is 2.10. The maximum Gasteiger partial charge on any atom is 0.349 e. The Morgan fingerprint density at radius 3 is 2.76 bits per heavy atom. The molecule has 0 bridgehead atoms. The van der Waals surface area contributed by atoms with Gasteiger partial charge in [-0.2, -0.15) is 5.26 Å². The number of nitriles is 1. The molecule has 0 atom stereocenters. The molecule has 0 spiro atoms. The zero-order valence-electron chi connectivity index (χ0n) is 10.7. The van der Waals surface area contributed by atoms with E-state index in [0.29, 0.717) is 5.56 Å². The first-order valence-corrected chi connectivity index (χ1v) is 6.25. The van der Waals surface area contributed by atoms with Gasteiger partial charge in [-0.05, 0) is 30.3 Å². The summed E-state index contributed by atoms with van der Waals surface area (Å²) in [7, 11) is 0. The molecule has 0 saturated heterocycles. The number of hydrogen-bond donors (Lipinski definition) is 0. The Hall–Kier alpha value is -2.58. The summed E-state index contributed by atoms with van der Waals surface area (Å²) < 4.78 is 23.0. The van der Waals surface area contributed by atoms with Crippen molar-refractivity contribution in [3.63, 3.8) is 0 Å². The van der Waals surface area contributed by atoms with Crippen LogP contribution in [0.4, 0.5) is 4.39 Å². The van der Waals surface area contributed by atoms with E-state index in [1.54, 1.807) is 0 Å². The summed E-state index contributed by atoms with van der Waals surface area (Å²) >= 11 is 5.87.